The van der Waals surface area contributed by atoms with Crippen molar-refractivity contribution in [2.24, 2.45) is 0 Å². The smallest absolute Gasteiger partial charge is 0.321 e. The molecule has 8 nitrogen and oxygen atoms in total. The maximum Gasteiger partial charge on any atom is 0.321 e. The predicted molar refractivity (Wildman–Crippen MR) is 106 cm³/mol. The van der Waals surface area contributed by atoms with Crippen LogP contribution in [0, 0.1) is 0 Å². The molecule has 150 valence electrons. The summed E-state index contributed by atoms with van der Waals surface area (Å²) in [5.74, 6) is 2.31. The molecule has 1 aliphatic rings. The number of carbonyl (C=O) groups excluding carboxylic acids is 1. The molecule has 1 saturated heterocycles. The summed E-state index contributed by atoms with van der Waals surface area (Å²) < 4.78 is 16.0. The van der Waals surface area contributed by atoms with Crippen molar-refractivity contribution in [3.8, 4) is 11.5 Å². The fourth-order valence-electron chi connectivity index (χ4n) is 3.26. The molecule has 4 rings (SSSR count). The highest BCUT2D eigenvalue weighted by atomic mass is 16.5. The maximum atomic E-state index is 12.5. The van der Waals surface area contributed by atoms with Crippen molar-refractivity contribution in [2.45, 2.75) is 12.3 Å². The third kappa shape index (κ3) is 4.01. The van der Waals surface area contributed by atoms with Crippen LogP contribution < -0.4 is 14.8 Å². The summed E-state index contributed by atoms with van der Waals surface area (Å²) in [6.45, 7) is 1.04. The Morgan fingerprint density at radius 3 is 2.66 bits per heavy atom. The lowest BCUT2D eigenvalue weighted by Crippen LogP contribution is -2.50. The lowest BCUT2D eigenvalue weighted by atomic mass is 10.0. The number of urea groups is 1. The molecule has 0 unspecified atom stereocenters. The maximum absolute atomic E-state index is 12.5. The number of amides is 2. The van der Waals surface area contributed by atoms with Crippen LogP contribution in [0.1, 0.15) is 23.2 Å². The first kappa shape index (κ1) is 18.8. The third-order valence-corrected chi connectivity index (χ3v) is 4.85. The number of benzene rings is 2. The van der Waals surface area contributed by atoms with Crippen molar-refractivity contribution in [3.05, 3.63) is 65.8 Å². The minimum atomic E-state index is -0.211. The Balaban J connectivity index is 1.34. The van der Waals surface area contributed by atoms with E-state index in [2.05, 4.69) is 15.5 Å². The Morgan fingerprint density at radius 2 is 1.93 bits per heavy atom. The first-order valence-electron chi connectivity index (χ1n) is 9.31. The van der Waals surface area contributed by atoms with Gasteiger partial charge in [-0.2, -0.15) is 4.98 Å². The van der Waals surface area contributed by atoms with Gasteiger partial charge in [-0.15, -0.1) is 0 Å². The number of hydrogen-bond donors (Lipinski definition) is 1. The zero-order valence-electron chi connectivity index (χ0n) is 16.3. The van der Waals surface area contributed by atoms with Gasteiger partial charge in [-0.1, -0.05) is 41.6 Å². The van der Waals surface area contributed by atoms with Crippen LogP contribution in [0.3, 0.4) is 0 Å². The van der Waals surface area contributed by atoms with E-state index in [0.717, 1.165) is 5.56 Å². The van der Waals surface area contributed by atoms with Crippen LogP contribution in [0.25, 0.3) is 0 Å². The Bertz CT molecular complexity index is 983. The molecule has 29 heavy (non-hydrogen) atoms. The number of nitrogens with one attached hydrogen (secondary N) is 1. The zero-order chi connectivity index (χ0) is 20.2. The molecule has 1 N–H and O–H groups in total. The summed E-state index contributed by atoms with van der Waals surface area (Å²) in [5.41, 5.74) is 1.69. The number of carbonyl (C=O) groups is 1. The van der Waals surface area contributed by atoms with Gasteiger partial charge in [-0.25, -0.2) is 4.79 Å². The number of likely N-dealkylation sites (tertiary alicyclic amines) is 1. The average Bonchev–Trinajstić information content (AvgIpc) is 3.15. The highest BCUT2D eigenvalue weighted by Gasteiger charge is 2.36. The normalized spacial score (nSPS) is 13.7. The van der Waals surface area contributed by atoms with Gasteiger partial charge in [0.1, 0.15) is 0 Å². The molecule has 0 atom stereocenters. The molecule has 3 aromatic rings. The Hall–Kier alpha value is -3.55. The second-order valence-electron chi connectivity index (χ2n) is 6.78. The van der Waals surface area contributed by atoms with Crippen molar-refractivity contribution >= 4 is 11.7 Å². The Morgan fingerprint density at radius 1 is 1.14 bits per heavy atom. The van der Waals surface area contributed by atoms with Gasteiger partial charge in [0.25, 0.3) is 0 Å². The molecular formula is C21H22N4O4. The lowest BCUT2D eigenvalue weighted by molar-refractivity contribution is 0.147. The van der Waals surface area contributed by atoms with E-state index >= 15 is 0 Å². The van der Waals surface area contributed by atoms with Crippen LogP contribution in [-0.4, -0.2) is 48.4 Å². The summed E-state index contributed by atoms with van der Waals surface area (Å²) in [7, 11) is 3.09. The van der Waals surface area contributed by atoms with Crippen LogP contribution in [0.5, 0.6) is 11.5 Å². The van der Waals surface area contributed by atoms with E-state index in [1.807, 2.05) is 30.3 Å². The van der Waals surface area contributed by atoms with E-state index in [1.54, 1.807) is 30.2 Å². The minimum Gasteiger partial charge on any atom is -0.493 e. The molecule has 8 heteroatoms. The van der Waals surface area contributed by atoms with E-state index in [4.69, 9.17) is 14.0 Å². The third-order valence-electron chi connectivity index (χ3n) is 4.85. The van der Waals surface area contributed by atoms with E-state index in [-0.39, 0.29) is 11.9 Å². The van der Waals surface area contributed by atoms with Gasteiger partial charge < -0.3 is 24.2 Å². The fourth-order valence-corrected chi connectivity index (χ4v) is 3.26. The first-order valence-corrected chi connectivity index (χ1v) is 9.31. The first-order chi connectivity index (χ1) is 14.2. The summed E-state index contributed by atoms with van der Waals surface area (Å²) in [6, 6.07) is 15.1. The van der Waals surface area contributed by atoms with Crippen LogP contribution in [0.4, 0.5) is 10.5 Å². The molecule has 1 aliphatic heterocycles. The molecule has 0 bridgehead atoms. The van der Waals surface area contributed by atoms with E-state index in [0.29, 0.717) is 48.4 Å². The highest BCUT2D eigenvalue weighted by Crippen LogP contribution is 2.35. The van der Waals surface area contributed by atoms with Crippen molar-refractivity contribution in [3.63, 3.8) is 0 Å². The molecule has 0 aliphatic carbocycles. The Kier molecular flexibility index (Phi) is 5.33. The quantitative estimate of drug-likeness (QED) is 0.690. The summed E-state index contributed by atoms with van der Waals surface area (Å²) in [4.78, 5) is 18.7. The van der Waals surface area contributed by atoms with Crippen molar-refractivity contribution < 1.29 is 18.8 Å². The molecule has 1 fully saturated rings. The molecule has 0 saturated carbocycles. The number of aromatic nitrogens is 2. The molecule has 0 radical (unpaired) electrons. The number of rotatable bonds is 6. The van der Waals surface area contributed by atoms with E-state index in [9.17, 15) is 4.79 Å². The van der Waals surface area contributed by atoms with Crippen LogP contribution in [0.15, 0.2) is 53.1 Å². The Labute approximate surface area is 168 Å². The standard InChI is InChI=1S/C21H22N4O4/c1-27-17-10-6-9-16(19(17)28-2)22-21(26)25-12-15(13-25)20-23-18(24-29-20)11-14-7-4-3-5-8-14/h3-10,15H,11-13H2,1-2H3,(H,22,26). The number of nitrogens with zero attached hydrogens (tertiary/aromatic N) is 3. The van der Waals surface area contributed by atoms with Crippen LogP contribution in [-0.2, 0) is 6.42 Å². The van der Waals surface area contributed by atoms with Crippen molar-refractivity contribution in [2.75, 3.05) is 32.6 Å². The second-order valence-corrected chi connectivity index (χ2v) is 6.78. The molecular weight excluding hydrogens is 372 g/mol. The molecule has 0 spiro atoms. The van der Waals surface area contributed by atoms with Crippen LogP contribution >= 0.6 is 0 Å². The van der Waals surface area contributed by atoms with Crippen LogP contribution in [0.2, 0.25) is 0 Å². The number of anilines is 1. The summed E-state index contributed by atoms with van der Waals surface area (Å²) in [6.07, 6.45) is 0.622. The largest absolute Gasteiger partial charge is 0.493 e. The molecule has 1 aromatic heterocycles. The van der Waals surface area contributed by atoms with Gasteiger partial charge in [0.15, 0.2) is 17.3 Å². The molecule has 2 heterocycles. The van der Waals surface area contributed by atoms with Gasteiger partial charge in [-0.3, -0.25) is 0 Å². The monoisotopic (exact) mass is 394 g/mol. The van der Waals surface area contributed by atoms with E-state index < -0.39 is 0 Å². The highest BCUT2D eigenvalue weighted by molar-refractivity contribution is 5.92. The summed E-state index contributed by atoms with van der Waals surface area (Å²) >= 11 is 0. The fraction of sp³-hybridized carbons (Fsp3) is 0.286. The minimum absolute atomic E-state index is 0.0463. The number of methoxy groups -OCH3 is 2. The average molecular weight is 394 g/mol. The van der Waals surface area contributed by atoms with Gasteiger partial charge in [0.2, 0.25) is 5.89 Å². The zero-order valence-corrected chi connectivity index (χ0v) is 16.3. The van der Waals surface area contributed by atoms with Gasteiger partial charge in [-0.05, 0) is 17.7 Å². The van der Waals surface area contributed by atoms with Crippen molar-refractivity contribution in [1.29, 1.82) is 0 Å². The summed E-state index contributed by atoms with van der Waals surface area (Å²) in [5, 5.41) is 6.92. The van der Waals surface area contributed by atoms with E-state index in [1.165, 1.54) is 7.11 Å². The van der Waals surface area contributed by atoms with Gasteiger partial charge in [0, 0.05) is 19.5 Å². The molecule has 2 aromatic carbocycles. The number of para-hydroxylation sites is 1. The second kappa shape index (κ2) is 8.22. The van der Waals surface area contributed by atoms with Crippen molar-refractivity contribution in [1.82, 2.24) is 15.0 Å². The predicted octanol–water partition coefficient (Wildman–Crippen LogP) is 3.31. The lowest BCUT2D eigenvalue weighted by Gasteiger charge is -2.37. The van der Waals surface area contributed by atoms with Gasteiger partial charge >= 0.3 is 6.03 Å². The number of hydrogen-bond acceptors (Lipinski definition) is 6. The molecule has 2 amide bonds. The topological polar surface area (TPSA) is 89.7 Å². The SMILES string of the molecule is COc1cccc(NC(=O)N2CC(c3nc(Cc4ccccc4)no3)C2)c1OC. The number of ether oxygens (including phenoxy) is 2. The van der Waals surface area contributed by atoms with Gasteiger partial charge in [0.05, 0.1) is 25.8 Å².